The Hall–Kier alpha value is -2.03. The molecule has 0 aromatic carbocycles. The van der Waals surface area contributed by atoms with Gasteiger partial charge in [0.25, 0.3) is 0 Å². The van der Waals surface area contributed by atoms with Crippen LogP contribution in [0.1, 0.15) is 37.0 Å². The number of carbonyl (C=O) groups is 1. The molecule has 0 aliphatic rings. The first kappa shape index (κ1) is 19.3. The first-order valence-corrected chi connectivity index (χ1v) is 8.02. The molecule has 1 amide bonds. The van der Waals surface area contributed by atoms with Crippen molar-refractivity contribution in [3.8, 4) is 0 Å². The minimum atomic E-state index is -4.55. The summed E-state index contributed by atoms with van der Waals surface area (Å²) in [7, 11) is 1.55. The number of aromatic nitrogens is 4. The molecule has 6 nitrogen and oxygen atoms in total. The summed E-state index contributed by atoms with van der Waals surface area (Å²) in [4.78, 5) is 13.9. The quantitative estimate of drug-likeness (QED) is 0.803. The van der Waals surface area contributed by atoms with Gasteiger partial charge in [-0.3, -0.25) is 14.2 Å². The SMILES string of the molecule is CCn1cc(Cl)c(CN(C)C(=O)C(C)n2nc(C(F)(F)F)cc2C)n1. The lowest BCUT2D eigenvalue weighted by Crippen LogP contribution is -2.34. The smallest absolute Gasteiger partial charge is 0.338 e. The average molecular weight is 378 g/mol. The number of hydrogen-bond donors (Lipinski definition) is 0. The Morgan fingerprint density at radius 1 is 1.40 bits per heavy atom. The highest BCUT2D eigenvalue weighted by atomic mass is 35.5. The van der Waals surface area contributed by atoms with Crippen molar-refractivity contribution in [1.82, 2.24) is 24.5 Å². The zero-order chi connectivity index (χ0) is 18.9. The molecule has 1 unspecified atom stereocenters. The molecule has 0 aliphatic carbocycles. The lowest BCUT2D eigenvalue weighted by molar-refractivity contribution is -0.142. The van der Waals surface area contributed by atoms with E-state index in [1.807, 2.05) is 6.92 Å². The van der Waals surface area contributed by atoms with Crippen LogP contribution in [0, 0.1) is 6.92 Å². The molecular formula is C15H19ClF3N5O. The Morgan fingerprint density at radius 2 is 2.04 bits per heavy atom. The molecule has 1 atom stereocenters. The minimum Gasteiger partial charge on any atom is -0.338 e. The van der Waals surface area contributed by atoms with Crippen molar-refractivity contribution in [2.75, 3.05) is 7.05 Å². The van der Waals surface area contributed by atoms with Gasteiger partial charge in [0.1, 0.15) is 11.7 Å². The van der Waals surface area contributed by atoms with Crippen LogP contribution < -0.4 is 0 Å². The summed E-state index contributed by atoms with van der Waals surface area (Å²) in [5, 5.41) is 8.22. The zero-order valence-corrected chi connectivity index (χ0v) is 15.1. The number of nitrogens with zero attached hydrogens (tertiary/aromatic N) is 5. The highest BCUT2D eigenvalue weighted by Gasteiger charge is 2.35. The van der Waals surface area contributed by atoms with Gasteiger partial charge in [-0.15, -0.1) is 0 Å². The van der Waals surface area contributed by atoms with Gasteiger partial charge in [-0.05, 0) is 26.8 Å². The first-order valence-electron chi connectivity index (χ1n) is 7.64. The van der Waals surface area contributed by atoms with Crippen LogP contribution in [0.4, 0.5) is 13.2 Å². The lowest BCUT2D eigenvalue weighted by Gasteiger charge is -2.22. The van der Waals surface area contributed by atoms with E-state index in [-0.39, 0.29) is 18.1 Å². The van der Waals surface area contributed by atoms with Gasteiger partial charge in [0.2, 0.25) is 5.91 Å². The fourth-order valence-electron chi connectivity index (χ4n) is 2.45. The summed E-state index contributed by atoms with van der Waals surface area (Å²) in [6.07, 6.45) is -2.89. The molecule has 0 N–H and O–H groups in total. The number of amides is 1. The second-order valence-corrected chi connectivity index (χ2v) is 6.17. The van der Waals surface area contributed by atoms with E-state index in [2.05, 4.69) is 10.2 Å². The summed E-state index contributed by atoms with van der Waals surface area (Å²) in [5.74, 6) is -0.387. The Balaban J connectivity index is 2.16. The van der Waals surface area contributed by atoms with E-state index in [4.69, 9.17) is 11.6 Å². The van der Waals surface area contributed by atoms with Gasteiger partial charge in [-0.1, -0.05) is 11.6 Å². The Labute approximate surface area is 148 Å². The van der Waals surface area contributed by atoms with Crippen molar-refractivity contribution in [2.24, 2.45) is 0 Å². The van der Waals surface area contributed by atoms with Crippen LogP contribution >= 0.6 is 11.6 Å². The van der Waals surface area contributed by atoms with Crippen LogP contribution in [0.2, 0.25) is 5.02 Å². The molecule has 0 saturated carbocycles. The fraction of sp³-hybridized carbons (Fsp3) is 0.533. The van der Waals surface area contributed by atoms with E-state index in [1.54, 1.807) is 17.9 Å². The number of likely N-dealkylation sites (N-methyl/N-ethyl adjacent to an activating group) is 1. The molecular weight excluding hydrogens is 359 g/mol. The molecule has 2 aromatic heterocycles. The van der Waals surface area contributed by atoms with E-state index in [0.717, 1.165) is 10.7 Å². The van der Waals surface area contributed by atoms with Gasteiger partial charge in [0.05, 0.1) is 11.6 Å². The molecule has 2 heterocycles. The predicted molar refractivity (Wildman–Crippen MR) is 86.1 cm³/mol. The third-order valence-corrected chi connectivity index (χ3v) is 4.13. The van der Waals surface area contributed by atoms with Gasteiger partial charge in [0, 0.05) is 25.5 Å². The van der Waals surface area contributed by atoms with Crippen LogP contribution in [0.15, 0.2) is 12.3 Å². The summed E-state index contributed by atoms with van der Waals surface area (Å²) in [6.45, 7) is 5.68. The molecule has 0 spiro atoms. The summed E-state index contributed by atoms with van der Waals surface area (Å²) >= 11 is 6.08. The number of halogens is 4. The monoisotopic (exact) mass is 377 g/mol. The van der Waals surface area contributed by atoms with Crippen molar-refractivity contribution >= 4 is 17.5 Å². The van der Waals surface area contributed by atoms with Crippen molar-refractivity contribution < 1.29 is 18.0 Å². The molecule has 2 rings (SSSR count). The first-order chi connectivity index (χ1) is 11.5. The minimum absolute atomic E-state index is 0.154. The Bertz CT molecular complexity index is 768. The lowest BCUT2D eigenvalue weighted by atomic mass is 10.2. The van der Waals surface area contributed by atoms with Crippen LogP contribution in [0.25, 0.3) is 0 Å². The van der Waals surface area contributed by atoms with Gasteiger partial charge in [0.15, 0.2) is 5.69 Å². The second kappa shape index (κ2) is 7.07. The Morgan fingerprint density at radius 3 is 2.52 bits per heavy atom. The number of aryl methyl sites for hydroxylation is 2. The third kappa shape index (κ3) is 4.15. The molecule has 0 saturated heterocycles. The standard InChI is InChI=1S/C15H19ClF3N5O/c1-5-23-7-11(16)12(20-23)8-22(4)14(25)10(3)24-9(2)6-13(21-24)15(17,18)19/h6-7,10H,5,8H2,1-4H3. The maximum Gasteiger partial charge on any atom is 0.435 e. The molecule has 0 fully saturated rings. The molecule has 25 heavy (non-hydrogen) atoms. The maximum absolute atomic E-state index is 12.8. The van der Waals surface area contributed by atoms with Crippen LogP contribution in [0.3, 0.4) is 0 Å². The van der Waals surface area contributed by atoms with Crippen LogP contribution in [-0.2, 0) is 24.1 Å². The van der Waals surface area contributed by atoms with Gasteiger partial charge >= 0.3 is 6.18 Å². The molecule has 10 heteroatoms. The molecule has 138 valence electrons. The van der Waals surface area contributed by atoms with Crippen molar-refractivity contribution in [2.45, 2.75) is 46.1 Å². The van der Waals surface area contributed by atoms with E-state index in [9.17, 15) is 18.0 Å². The van der Waals surface area contributed by atoms with E-state index in [0.29, 0.717) is 17.3 Å². The van der Waals surface area contributed by atoms with Gasteiger partial charge < -0.3 is 4.90 Å². The average Bonchev–Trinajstić information content (AvgIpc) is 3.08. The van der Waals surface area contributed by atoms with Crippen LogP contribution in [-0.4, -0.2) is 37.4 Å². The van der Waals surface area contributed by atoms with Gasteiger partial charge in [-0.2, -0.15) is 23.4 Å². The van der Waals surface area contributed by atoms with Crippen molar-refractivity contribution in [3.05, 3.63) is 34.4 Å². The van der Waals surface area contributed by atoms with Gasteiger partial charge in [-0.25, -0.2) is 0 Å². The van der Waals surface area contributed by atoms with E-state index >= 15 is 0 Å². The number of rotatable bonds is 5. The van der Waals surface area contributed by atoms with Crippen molar-refractivity contribution in [1.29, 1.82) is 0 Å². The number of hydrogen-bond acceptors (Lipinski definition) is 3. The third-order valence-electron chi connectivity index (χ3n) is 3.81. The zero-order valence-electron chi connectivity index (χ0n) is 14.3. The van der Waals surface area contributed by atoms with Crippen molar-refractivity contribution in [3.63, 3.8) is 0 Å². The highest BCUT2D eigenvalue weighted by Crippen LogP contribution is 2.29. The maximum atomic E-state index is 12.8. The topological polar surface area (TPSA) is 56.0 Å². The summed E-state index contributed by atoms with van der Waals surface area (Å²) in [5.41, 5.74) is -0.230. The van der Waals surface area contributed by atoms with Crippen LogP contribution in [0.5, 0.6) is 0 Å². The van der Waals surface area contributed by atoms with E-state index < -0.39 is 17.9 Å². The Kier molecular flexibility index (Phi) is 5.46. The molecule has 0 bridgehead atoms. The largest absolute Gasteiger partial charge is 0.435 e. The second-order valence-electron chi connectivity index (χ2n) is 5.76. The summed E-state index contributed by atoms with van der Waals surface area (Å²) in [6, 6.07) is 0.0388. The number of alkyl halides is 3. The molecule has 2 aromatic rings. The number of carbonyl (C=O) groups excluding carboxylic acids is 1. The summed E-state index contributed by atoms with van der Waals surface area (Å²) < 4.78 is 41.0. The van der Waals surface area contributed by atoms with E-state index in [1.165, 1.54) is 18.7 Å². The highest BCUT2D eigenvalue weighted by molar-refractivity contribution is 6.31. The predicted octanol–water partition coefficient (Wildman–Crippen LogP) is 3.30. The molecule has 0 radical (unpaired) electrons. The molecule has 0 aliphatic heterocycles. The fourth-order valence-corrected chi connectivity index (χ4v) is 2.66. The normalized spacial score (nSPS) is 13.1.